The number of sulfonamides is 1. The van der Waals surface area contributed by atoms with Crippen molar-refractivity contribution in [2.24, 2.45) is 0 Å². The maximum Gasteiger partial charge on any atom is 0.272 e. The minimum Gasteiger partial charge on any atom is -0.496 e. The van der Waals surface area contributed by atoms with Gasteiger partial charge in [0.2, 0.25) is 0 Å². The van der Waals surface area contributed by atoms with Gasteiger partial charge >= 0.3 is 0 Å². The topological polar surface area (TPSA) is 91.7 Å². The predicted octanol–water partition coefficient (Wildman–Crippen LogP) is 4.63. The van der Waals surface area contributed by atoms with Gasteiger partial charge in [0.15, 0.2) is 17.3 Å². The average molecular weight is 494 g/mol. The first-order valence-corrected chi connectivity index (χ1v) is 12.1. The van der Waals surface area contributed by atoms with Crippen molar-refractivity contribution in [2.45, 2.75) is 10.8 Å². The molecule has 2 heterocycles. The number of halogens is 1. The lowest BCUT2D eigenvalue weighted by Crippen LogP contribution is -2.12. The van der Waals surface area contributed by atoms with E-state index in [1.165, 1.54) is 19.2 Å². The van der Waals surface area contributed by atoms with Crippen LogP contribution < -0.4 is 18.9 Å². The van der Waals surface area contributed by atoms with E-state index in [0.717, 1.165) is 16.9 Å². The van der Waals surface area contributed by atoms with Crippen molar-refractivity contribution in [1.82, 2.24) is 9.78 Å². The normalized spacial score (nSPS) is 11.5. The molecule has 8 nitrogen and oxygen atoms in total. The summed E-state index contributed by atoms with van der Waals surface area (Å²) in [6.07, 6.45) is 0. The SMILES string of the molecule is COc1ccc(Cn2nc(NS(=O)(=O)c3ccc(Cl)s3)c3c(OC)cccc32)cc1OC. The Morgan fingerprint density at radius 2 is 1.75 bits per heavy atom. The van der Waals surface area contributed by atoms with Gasteiger partial charge in [-0.15, -0.1) is 11.3 Å². The quantitative estimate of drug-likeness (QED) is 0.385. The Morgan fingerprint density at radius 1 is 1.00 bits per heavy atom. The first kappa shape index (κ1) is 22.3. The van der Waals surface area contributed by atoms with E-state index in [4.69, 9.17) is 25.8 Å². The smallest absolute Gasteiger partial charge is 0.272 e. The van der Waals surface area contributed by atoms with Gasteiger partial charge in [0.25, 0.3) is 10.0 Å². The van der Waals surface area contributed by atoms with Crippen LogP contribution in [-0.2, 0) is 16.6 Å². The number of ether oxygens (including phenoxy) is 3. The van der Waals surface area contributed by atoms with Crippen molar-refractivity contribution >= 4 is 49.7 Å². The second kappa shape index (κ2) is 8.89. The number of fused-ring (bicyclic) bond motifs is 1. The molecule has 0 aliphatic heterocycles. The molecular formula is C21H20ClN3O5S2. The molecule has 0 amide bonds. The number of nitrogens with zero attached hydrogens (tertiary/aromatic N) is 2. The third-order valence-electron chi connectivity index (χ3n) is 4.78. The van der Waals surface area contributed by atoms with E-state index in [-0.39, 0.29) is 10.0 Å². The molecule has 0 spiro atoms. The average Bonchev–Trinajstić information content (AvgIpc) is 3.37. The number of benzene rings is 2. The summed E-state index contributed by atoms with van der Waals surface area (Å²) in [7, 11) is 0.796. The monoisotopic (exact) mass is 493 g/mol. The number of methoxy groups -OCH3 is 3. The fraction of sp³-hybridized carbons (Fsp3) is 0.190. The highest BCUT2D eigenvalue weighted by atomic mass is 35.5. The standard InChI is InChI=1S/C21H20ClN3O5S2/c1-28-15-8-7-13(11-17(15)30-3)12-25-14-5-4-6-16(29-2)20(14)21(23-25)24-32(26,27)19-10-9-18(22)31-19/h4-11H,12H2,1-3H3,(H,23,24). The Labute approximate surface area is 194 Å². The Balaban J connectivity index is 1.78. The molecule has 0 radical (unpaired) electrons. The summed E-state index contributed by atoms with van der Waals surface area (Å²) in [4.78, 5) is 0. The second-order valence-corrected chi connectivity index (χ2v) is 10.3. The van der Waals surface area contributed by atoms with Gasteiger partial charge < -0.3 is 14.2 Å². The van der Waals surface area contributed by atoms with Gasteiger partial charge in [-0.2, -0.15) is 5.10 Å². The third kappa shape index (κ3) is 4.21. The highest BCUT2D eigenvalue weighted by Gasteiger charge is 2.23. The van der Waals surface area contributed by atoms with Gasteiger partial charge in [-0.1, -0.05) is 23.7 Å². The number of anilines is 1. The summed E-state index contributed by atoms with van der Waals surface area (Å²) in [5.74, 6) is 1.88. The van der Waals surface area contributed by atoms with Crippen LogP contribution in [0.5, 0.6) is 17.2 Å². The van der Waals surface area contributed by atoms with Gasteiger partial charge in [-0.05, 0) is 42.0 Å². The lowest BCUT2D eigenvalue weighted by Gasteiger charge is -2.10. The molecular weight excluding hydrogens is 474 g/mol. The van der Waals surface area contributed by atoms with E-state index >= 15 is 0 Å². The van der Waals surface area contributed by atoms with Crippen molar-refractivity contribution in [2.75, 3.05) is 26.1 Å². The molecule has 11 heteroatoms. The van der Waals surface area contributed by atoms with E-state index in [9.17, 15) is 8.42 Å². The van der Waals surface area contributed by atoms with Gasteiger partial charge in [0, 0.05) is 0 Å². The fourth-order valence-corrected chi connectivity index (χ4v) is 5.82. The lowest BCUT2D eigenvalue weighted by atomic mass is 10.2. The molecule has 0 saturated heterocycles. The molecule has 0 fully saturated rings. The highest BCUT2D eigenvalue weighted by molar-refractivity contribution is 7.94. The predicted molar refractivity (Wildman–Crippen MR) is 125 cm³/mol. The molecule has 0 saturated carbocycles. The number of thiophene rings is 1. The van der Waals surface area contributed by atoms with E-state index < -0.39 is 10.0 Å². The number of aromatic nitrogens is 2. The zero-order valence-electron chi connectivity index (χ0n) is 17.5. The van der Waals surface area contributed by atoms with Crippen LogP contribution in [0, 0.1) is 0 Å². The Kier molecular flexibility index (Phi) is 6.18. The third-order valence-corrected chi connectivity index (χ3v) is 7.85. The van der Waals surface area contributed by atoms with Gasteiger partial charge in [0.1, 0.15) is 9.96 Å². The molecule has 2 aromatic carbocycles. The molecule has 168 valence electrons. The van der Waals surface area contributed by atoms with Crippen molar-refractivity contribution < 1.29 is 22.6 Å². The molecule has 2 aromatic heterocycles. The number of hydrogen-bond donors (Lipinski definition) is 1. The largest absolute Gasteiger partial charge is 0.496 e. The molecule has 4 aromatic rings. The molecule has 4 rings (SSSR count). The fourth-order valence-electron chi connectivity index (χ4n) is 3.33. The van der Waals surface area contributed by atoms with E-state index in [0.29, 0.717) is 39.0 Å². The highest BCUT2D eigenvalue weighted by Crippen LogP contribution is 2.35. The minimum absolute atomic E-state index is 0.0972. The van der Waals surface area contributed by atoms with Crippen molar-refractivity contribution in [3.05, 3.63) is 58.4 Å². The number of rotatable bonds is 8. The van der Waals surface area contributed by atoms with Crippen LogP contribution in [0.15, 0.2) is 52.7 Å². The zero-order valence-corrected chi connectivity index (χ0v) is 19.8. The first-order valence-electron chi connectivity index (χ1n) is 9.39. The lowest BCUT2D eigenvalue weighted by molar-refractivity contribution is 0.354. The molecule has 0 aliphatic carbocycles. The second-order valence-electron chi connectivity index (χ2n) is 6.71. The summed E-state index contributed by atoms with van der Waals surface area (Å²) < 4.78 is 46.7. The summed E-state index contributed by atoms with van der Waals surface area (Å²) in [5.41, 5.74) is 1.61. The summed E-state index contributed by atoms with van der Waals surface area (Å²) >= 11 is 6.89. The number of hydrogen-bond acceptors (Lipinski definition) is 7. The molecule has 0 atom stereocenters. The van der Waals surface area contributed by atoms with E-state index in [1.54, 1.807) is 25.0 Å². The van der Waals surface area contributed by atoms with Crippen molar-refractivity contribution in [1.29, 1.82) is 0 Å². The van der Waals surface area contributed by atoms with Crippen LogP contribution in [0.4, 0.5) is 5.82 Å². The van der Waals surface area contributed by atoms with Crippen LogP contribution in [0.3, 0.4) is 0 Å². The van der Waals surface area contributed by atoms with Crippen LogP contribution >= 0.6 is 22.9 Å². The van der Waals surface area contributed by atoms with Crippen molar-refractivity contribution in [3.63, 3.8) is 0 Å². The number of nitrogens with one attached hydrogen (secondary N) is 1. The molecule has 0 aliphatic rings. The summed E-state index contributed by atoms with van der Waals surface area (Å²) in [6.45, 7) is 0.372. The Hall–Kier alpha value is -2.95. The first-order chi connectivity index (χ1) is 15.4. The Bertz CT molecular complexity index is 1380. The van der Waals surface area contributed by atoms with Gasteiger partial charge in [-0.25, -0.2) is 8.42 Å². The Morgan fingerprint density at radius 3 is 2.41 bits per heavy atom. The summed E-state index contributed by atoms with van der Waals surface area (Å²) in [5, 5.41) is 5.11. The zero-order chi connectivity index (χ0) is 22.9. The van der Waals surface area contributed by atoms with E-state index in [1.807, 2.05) is 30.3 Å². The summed E-state index contributed by atoms with van der Waals surface area (Å²) in [6, 6.07) is 14.0. The molecule has 0 bridgehead atoms. The van der Waals surface area contributed by atoms with Crippen LogP contribution in [0.25, 0.3) is 10.9 Å². The van der Waals surface area contributed by atoms with Crippen molar-refractivity contribution in [3.8, 4) is 17.2 Å². The molecule has 1 N–H and O–H groups in total. The maximum atomic E-state index is 12.9. The molecule has 0 unspecified atom stereocenters. The van der Waals surface area contributed by atoms with Crippen LogP contribution in [-0.4, -0.2) is 39.5 Å². The minimum atomic E-state index is -3.87. The van der Waals surface area contributed by atoms with E-state index in [2.05, 4.69) is 9.82 Å². The van der Waals surface area contributed by atoms with Crippen LogP contribution in [0.2, 0.25) is 4.34 Å². The van der Waals surface area contributed by atoms with Gasteiger partial charge in [-0.3, -0.25) is 9.40 Å². The molecule has 32 heavy (non-hydrogen) atoms. The maximum absolute atomic E-state index is 12.9. The van der Waals surface area contributed by atoms with Crippen LogP contribution in [0.1, 0.15) is 5.56 Å². The van der Waals surface area contributed by atoms with Gasteiger partial charge in [0.05, 0.1) is 43.1 Å².